The number of aliphatic hydroxyl groups is 1. The number of quaternary nitrogens is 1. The number of nitrogens with zero attached hydrogens (tertiary/aromatic N) is 1. The molecule has 0 spiro atoms. The molecular weight excluding hydrogens is 864 g/mol. The van der Waals surface area contributed by atoms with Crippen LogP contribution in [0.15, 0.2) is 36.5 Å². The number of phosphoric ester groups is 1. The molecule has 0 heterocycles. The molecule has 0 rings (SSSR count). The lowest BCUT2D eigenvalue weighted by molar-refractivity contribution is -0.870. The number of hydrogen-bond donors (Lipinski definition) is 3. The van der Waals surface area contributed by atoms with Gasteiger partial charge in [-0.2, -0.15) is 0 Å². The first-order valence-electron chi connectivity index (χ1n) is 29.4. The molecule has 0 fully saturated rings. The molecule has 3 N–H and O–H groups in total. The number of phosphoric acid groups is 1. The van der Waals surface area contributed by atoms with Crippen LogP contribution in [-0.4, -0.2) is 73.4 Å². The van der Waals surface area contributed by atoms with Crippen molar-refractivity contribution in [3.8, 4) is 0 Å². The molecule has 9 heteroatoms. The number of aliphatic hydroxyl groups excluding tert-OH is 1. The van der Waals surface area contributed by atoms with E-state index in [1.54, 1.807) is 6.08 Å². The number of hydrogen-bond acceptors (Lipinski definition) is 5. The molecule has 0 aliphatic heterocycles. The summed E-state index contributed by atoms with van der Waals surface area (Å²) in [5, 5.41) is 13.9. The first kappa shape index (κ1) is 66.7. The van der Waals surface area contributed by atoms with Gasteiger partial charge in [0.1, 0.15) is 13.2 Å². The fraction of sp³-hybridized carbons (Fsp3) is 0.881. The number of nitrogens with one attached hydrogen (secondary N) is 1. The van der Waals surface area contributed by atoms with E-state index in [9.17, 15) is 19.4 Å². The molecule has 0 aromatic carbocycles. The molecule has 0 saturated heterocycles. The van der Waals surface area contributed by atoms with Crippen LogP contribution in [-0.2, 0) is 18.4 Å². The van der Waals surface area contributed by atoms with Crippen molar-refractivity contribution in [1.82, 2.24) is 5.32 Å². The molecule has 0 aromatic rings. The van der Waals surface area contributed by atoms with Gasteiger partial charge < -0.3 is 19.8 Å². The molecule has 0 aromatic heterocycles. The van der Waals surface area contributed by atoms with E-state index < -0.39 is 20.0 Å². The molecule has 3 atom stereocenters. The maximum absolute atomic E-state index is 13.0. The third kappa shape index (κ3) is 52.5. The predicted octanol–water partition coefficient (Wildman–Crippen LogP) is 17.8. The highest BCUT2D eigenvalue weighted by atomic mass is 31.2. The Balaban J connectivity index is 4.00. The summed E-state index contributed by atoms with van der Waals surface area (Å²) in [7, 11) is 1.58. The van der Waals surface area contributed by atoms with Crippen LogP contribution in [0.25, 0.3) is 0 Å². The first-order valence-corrected chi connectivity index (χ1v) is 30.9. The second-order valence-corrected chi connectivity index (χ2v) is 22.8. The van der Waals surface area contributed by atoms with Gasteiger partial charge in [-0.3, -0.25) is 13.8 Å². The van der Waals surface area contributed by atoms with E-state index in [4.69, 9.17) is 9.05 Å². The maximum Gasteiger partial charge on any atom is 0.472 e. The van der Waals surface area contributed by atoms with Crippen molar-refractivity contribution < 1.29 is 32.9 Å². The van der Waals surface area contributed by atoms with E-state index in [-0.39, 0.29) is 19.1 Å². The summed E-state index contributed by atoms with van der Waals surface area (Å²) in [5.74, 6) is -0.174. The maximum atomic E-state index is 13.0. The van der Waals surface area contributed by atoms with Crippen LogP contribution in [0.1, 0.15) is 284 Å². The Kier molecular flexibility index (Phi) is 49.7. The quantitative estimate of drug-likeness (QED) is 0.0243. The fourth-order valence-corrected chi connectivity index (χ4v) is 9.46. The molecule has 0 aliphatic carbocycles. The van der Waals surface area contributed by atoms with Gasteiger partial charge in [-0.15, -0.1) is 0 Å². The molecular formula is C59H116N2O6P+. The summed E-state index contributed by atoms with van der Waals surface area (Å²) in [6.45, 7) is 4.83. The number of allylic oxidation sites excluding steroid dienone is 5. The average molecular weight is 981 g/mol. The Morgan fingerprint density at radius 2 is 0.838 bits per heavy atom. The Labute approximate surface area is 423 Å². The lowest BCUT2D eigenvalue weighted by Gasteiger charge is -2.25. The number of carbonyl (C=O) groups is 1. The summed E-state index contributed by atoms with van der Waals surface area (Å²) in [5.41, 5.74) is 0. The lowest BCUT2D eigenvalue weighted by Crippen LogP contribution is -2.45. The molecule has 68 heavy (non-hydrogen) atoms. The summed E-state index contributed by atoms with van der Waals surface area (Å²) >= 11 is 0. The molecule has 0 radical (unpaired) electrons. The predicted molar refractivity (Wildman–Crippen MR) is 295 cm³/mol. The average Bonchev–Trinajstić information content (AvgIpc) is 3.30. The van der Waals surface area contributed by atoms with Crippen LogP contribution >= 0.6 is 7.82 Å². The number of carbonyl (C=O) groups excluding carboxylic acids is 1. The van der Waals surface area contributed by atoms with Gasteiger partial charge in [-0.1, -0.05) is 262 Å². The monoisotopic (exact) mass is 980 g/mol. The van der Waals surface area contributed by atoms with Crippen molar-refractivity contribution in [2.24, 2.45) is 0 Å². The van der Waals surface area contributed by atoms with E-state index in [1.807, 2.05) is 27.2 Å². The van der Waals surface area contributed by atoms with Crippen LogP contribution in [0.4, 0.5) is 0 Å². The number of amides is 1. The van der Waals surface area contributed by atoms with E-state index in [0.717, 1.165) is 44.9 Å². The molecule has 0 saturated carbocycles. The SMILES string of the molecule is CCCCCCCCCCC/C=C\C/C=C\CCCCCCCCCCCCCCCCCCCC(=O)NC(COP(=O)(O)OCC[N+](C)(C)C)C(O)/C=C/CCCCCCCCCCCCC. The summed E-state index contributed by atoms with van der Waals surface area (Å²) < 4.78 is 23.7. The van der Waals surface area contributed by atoms with Crippen molar-refractivity contribution in [1.29, 1.82) is 0 Å². The zero-order valence-electron chi connectivity index (χ0n) is 45.9. The van der Waals surface area contributed by atoms with Gasteiger partial charge in [0.05, 0.1) is 39.9 Å². The molecule has 8 nitrogen and oxygen atoms in total. The lowest BCUT2D eigenvalue weighted by atomic mass is 10.0. The van der Waals surface area contributed by atoms with Gasteiger partial charge >= 0.3 is 7.82 Å². The normalized spacial score (nSPS) is 14.2. The third-order valence-electron chi connectivity index (χ3n) is 13.4. The standard InChI is InChI=1S/C59H115N2O6P/c1-6-8-10-12-14-16-18-20-21-22-23-24-25-26-27-28-29-30-31-32-33-34-35-36-37-38-39-41-43-45-47-49-51-53-59(63)60-57(56-67-68(64,65)66-55-54-61(3,4)5)58(62)52-50-48-46-44-42-40-19-17-15-13-11-9-7-2/h23-24,26-27,50,52,57-58,62H,6-22,25,28-49,51,53-56H2,1-5H3,(H-,60,63,64,65)/p+1/b24-23-,27-26-,52-50+. The summed E-state index contributed by atoms with van der Waals surface area (Å²) in [6.07, 6.45) is 65.4. The van der Waals surface area contributed by atoms with Gasteiger partial charge in [-0.05, 0) is 51.4 Å². The number of unbranched alkanes of at least 4 members (excludes halogenated alkanes) is 37. The van der Waals surface area contributed by atoms with E-state index in [0.29, 0.717) is 17.4 Å². The minimum atomic E-state index is -4.34. The van der Waals surface area contributed by atoms with Gasteiger partial charge in [0, 0.05) is 6.42 Å². The van der Waals surface area contributed by atoms with E-state index >= 15 is 0 Å². The van der Waals surface area contributed by atoms with Crippen molar-refractivity contribution in [3.05, 3.63) is 36.5 Å². The van der Waals surface area contributed by atoms with Crippen LogP contribution in [0.3, 0.4) is 0 Å². The summed E-state index contributed by atoms with van der Waals surface area (Å²) in [4.78, 5) is 23.2. The Morgan fingerprint density at radius 3 is 1.21 bits per heavy atom. The Morgan fingerprint density at radius 1 is 0.500 bits per heavy atom. The third-order valence-corrected chi connectivity index (χ3v) is 14.3. The fourth-order valence-electron chi connectivity index (χ4n) is 8.72. The van der Waals surface area contributed by atoms with Crippen molar-refractivity contribution >= 4 is 13.7 Å². The number of rotatable bonds is 54. The highest BCUT2D eigenvalue weighted by Gasteiger charge is 2.27. The van der Waals surface area contributed by atoms with Gasteiger partial charge in [0.2, 0.25) is 5.91 Å². The topological polar surface area (TPSA) is 105 Å². The van der Waals surface area contributed by atoms with Crippen LogP contribution in [0, 0.1) is 0 Å². The summed E-state index contributed by atoms with van der Waals surface area (Å²) in [6, 6.07) is -0.844. The van der Waals surface area contributed by atoms with Crippen molar-refractivity contribution in [3.63, 3.8) is 0 Å². The second-order valence-electron chi connectivity index (χ2n) is 21.4. The van der Waals surface area contributed by atoms with Crippen LogP contribution in [0.5, 0.6) is 0 Å². The Hall–Kier alpha value is -1.28. The molecule has 1 amide bonds. The van der Waals surface area contributed by atoms with Crippen LogP contribution in [0.2, 0.25) is 0 Å². The highest BCUT2D eigenvalue weighted by Crippen LogP contribution is 2.43. The zero-order valence-corrected chi connectivity index (χ0v) is 46.8. The first-order chi connectivity index (χ1) is 33.0. The smallest absolute Gasteiger partial charge is 0.387 e. The van der Waals surface area contributed by atoms with E-state index in [1.165, 1.54) is 218 Å². The largest absolute Gasteiger partial charge is 0.472 e. The van der Waals surface area contributed by atoms with Gasteiger partial charge in [-0.25, -0.2) is 4.57 Å². The highest BCUT2D eigenvalue weighted by molar-refractivity contribution is 7.47. The van der Waals surface area contributed by atoms with Crippen molar-refractivity contribution in [2.75, 3.05) is 40.9 Å². The zero-order chi connectivity index (χ0) is 49.9. The number of likely N-dealkylation sites (N-methyl/N-ethyl adjacent to an activating group) is 1. The van der Waals surface area contributed by atoms with Gasteiger partial charge in [0.15, 0.2) is 0 Å². The van der Waals surface area contributed by atoms with E-state index in [2.05, 4.69) is 43.5 Å². The van der Waals surface area contributed by atoms with Crippen molar-refractivity contribution in [2.45, 2.75) is 296 Å². The molecule has 0 aliphatic rings. The molecule has 402 valence electrons. The van der Waals surface area contributed by atoms with Gasteiger partial charge in [0.25, 0.3) is 0 Å². The minimum absolute atomic E-state index is 0.0627. The second kappa shape index (κ2) is 50.7. The van der Waals surface area contributed by atoms with Crippen LogP contribution < -0.4 is 5.32 Å². The molecule has 3 unspecified atom stereocenters. The minimum Gasteiger partial charge on any atom is -0.387 e. The Bertz CT molecular complexity index is 1200. The molecule has 0 bridgehead atoms.